The standard InChI is InChI=1S/C19H27N5O3/c1-3-10-26-16-9-8-14(11-20-16)12-21-19(25)22-13(2)18-23-17(24-27-18)15-6-4-5-7-15/h8-9,11,13,15H,3-7,10,12H2,1-2H3,(H2,21,22,25). The van der Waals surface area contributed by atoms with E-state index in [1.54, 1.807) is 12.3 Å². The zero-order valence-electron chi connectivity index (χ0n) is 15.9. The number of pyridine rings is 1. The lowest BCUT2D eigenvalue weighted by molar-refractivity contribution is 0.233. The number of hydrogen-bond donors (Lipinski definition) is 2. The zero-order chi connectivity index (χ0) is 19.1. The maximum absolute atomic E-state index is 12.1. The molecule has 1 atom stereocenters. The Bertz CT molecular complexity index is 725. The van der Waals surface area contributed by atoms with Gasteiger partial charge in [-0.25, -0.2) is 9.78 Å². The van der Waals surface area contributed by atoms with Crippen molar-refractivity contribution in [1.82, 2.24) is 25.8 Å². The van der Waals surface area contributed by atoms with Gasteiger partial charge < -0.3 is 19.9 Å². The van der Waals surface area contributed by atoms with Crippen LogP contribution in [0.25, 0.3) is 0 Å². The largest absolute Gasteiger partial charge is 0.478 e. The first-order valence-corrected chi connectivity index (χ1v) is 9.61. The molecule has 27 heavy (non-hydrogen) atoms. The summed E-state index contributed by atoms with van der Waals surface area (Å²) in [5, 5.41) is 9.69. The summed E-state index contributed by atoms with van der Waals surface area (Å²) in [6.45, 7) is 4.88. The molecule has 2 amide bonds. The number of rotatable bonds is 8. The van der Waals surface area contributed by atoms with Gasteiger partial charge in [-0.15, -0.1) is 0 Å². The van der Waals surface area contributed by atoms with E-state index in [9.17, 15) is 4.79 Å². The summed E-state index contributed by atoms with van der Waals surface area (Å²) in [5.74, 6) is 2.17. The Balaban J connectivity index is 1.44. The molecule has 1 saturated carbocycles. The molecule has 2 aromatic rings. The van der Waals surface area contributed by atoms with Gasteiger partial charge in [-0.2, -0.15) is 4.98 Å². The van der Waals surface area contributed by atoms with Crippen LogP contribution >= 0.6 is 0 Å². The Morgan fingerprint density at radius 2 is 2.19 bits per heavy atom. The highest BCUT2D eigenvalue weighted by Gasteiger charge is 2.24. The van der Waals surface area contributed by atoms with E-state index >= 15 is 0 Å². The van der Waals surface area contributed by atoms with E-state index < -0.39 is 0 Å². The van der Waals surface area contributed by atoms with Crippen LogP contribution in [0.15, 0.2) is 22.9 Å². The summed E-state index contributed by atoms with van der Waals surface area (Å²) in [4.78, 5) is 20.8. The van der Waals surface area contributed by atoms with E-state index in [1.807, 2.05) is 19.9 Å². The Kier molecular flexibility index (Phi) is 6.62. The SMILES string of the molecule is CCCOc1ccc(CNC(=O)NC(C)c2nc(C3CCCC3)no2)cn1. The number of hydrogen-bond acceptors (Lipinski definition) is 6. The molecule has 0 aromatic carbocycles. The van der Waals surface area contributed by atoms with Gasteiger partial charge in [0.15, 0.2) is 5.82 Å². The van der Waals surface area contributed by atoms with E-state index in [0.717, 1.165) is 30.7 Å². The van der Waals surface area contributed by atoms with Gasteiger partial charge in [0.1, 0.15) is 6.04 Å². The van der Waals surface area contributed by atoms with Crippen molar-refractivity contribution in [2.75, 3.05) is 6.61 Å². The lowest BCUT2D eigenvalue weighted by Crippen LogP contribution is -2.36. The molecule has 2 aromatic heterocycles. The normalized spacial score (nSPS) is 15.5. The molecule has 0 saturated heterocycles. The van der Waals surface area contributed by atoms with E-state index in [-0.39, 0.29) is 12.1 Å². The fourth-order valence-electron chi connectivity index (χ4n) is 3.07. The van der Waals surface area contributed by atoms with Crippen LogP contribution in [-0.4, -0.2) is 27.8 Å². The molecule has 0 aliphatic heterocycles. The van der Waals surface area contributed by atoms with Crippen LogP contribution in [0.2, 0.25) is 0 Å². The molecular weight excluding hydrogens is 346 g/mol. The fraction of sp³-hybridized carbons (Fsp3) is 0.579. The highest BCUT2D eigenvalue weighted by Crippen LogP contribution is 2.32. The molecule has 3 rings (SSSR count). The van der Waals surface area contributed by atoms with Crippen molar-refractivity contribution >= 4 is 6.03 Å². The predicted molar refractivity (Wildman–Crippen MR) is 99.3 cm³/mol. The minimum atomic E-state index is -0.351. The fourth-order valence-corrected chi connectivity index (χ4v) is 3.07. The molecule has 8 heteroatoms. The first-order valence-electron chi connectivity index (χ1n) is 9.61. The molecule has 2 N–H and O–H groups in total. The van der Waals surface area contributed by atoms with Gasteiger partial charge in [0, 0.05) is 24.7 Å². The maximum Gasteiger partial charge on any atom is 0.315 e. The van der Waals surface area contributed by atoms with Crippen molar-refractivity contribution in [3.8, 4) is 5.88 Å². The molecular formula is C19H27N5O3. The summed E-state index contributed by atoms with van der Waals surface area (Å²) in [5.41, 5.74) is 0.892. The Labute approximate surface area is 159 Å². The summed E-state index contributed by atoms with van der Waals surface area (Å²) >= 11 is 0. The van der Waals surface area contributed by atoms with E-state index in [1.165, 1.54) is 12.8 Å². The summed E-state index contributed by atoms with van der Waals surface area (Å²) in [6, 6.07) is 3.04. The topological polar surface area (TPSA) is 102 Å². The lowest BCUT2D eigenvalue weighted by Gasteiger charge is -2.11. The summed E-state index contributed by atoms with van der Waals surface area (Å²) in [7, 11) is 0. The van der Waals surface area contributed by atoms with Gasteiger partial charge in [-0.05, 0) is 31.7 Å². The average Bonchev–Trinajstić information content (AvgIpc) is 3.36. The number of carbonyl (C=O) groups is 1. The van der Waals surface area contributed by atoms with Crippen LogP contribution in [0.3, 0.4) is 0 Å². The minimum absolute atomic E-state index is 0.297. The molecule has 1 unspecified atom stereocenters. The average molecular weight is 373 g/mol. The summed E-state index contributed by atoms with van der Waals surface area (Å²) < 4.78 is 10.8. The van der Waals surface area contributed by atoms with Crippen molar-refractivity contribution in [2.24, 2.45) is 0 Å². The smallest absolute Gasteiger partial charge is 0.315 e. The van der Waals surface area contributed by atoms with Crippen LogP contribution < -0.4 is 15.4 Å². The predicted octanol–water partition coefficient (Wildman–Crippen LogP) is 3.47. The van der Waals surface area contributed by atoms with Crippen LogP contribution in [-0.2, 0) is 6.54 Å². The van der Waals surface area contributed by atoms with Gasteiger partial charge in [-0.3, -0.25) is 0 Å². The molecule has 0 spiro atoms. The molecule has 2 heterocycles. The third-order valence-electron chi connectivity index (χ3n) is 4.60. The number of urea groups is 1. The highest BCUT2D eigenvalue weighted by atomic mass is 16.5. The third kappa shape index (κ3) is 5.42. The molecule has 1 fully saturated rings. The van der Waals surface area contributed by atoms with Crippen molar-refractivity contribution in [1.29, 1.82) is 0 Å². The summed E-state index contributed by atoms with van der Waals surface area (Å²) in [6.07, 6.45) is 7.28. The number of nitrogens with zero attached hydrogens (tertiary/aromatic N) is 3. The van der Waals surface area contributed by atoms with E-state index in [2.05, 4.69) is 25.8 Å². The van der Waals surface area contributed by atoms with Gasteiger partial charge in [0.25, 0.3) is 0 Å². The van der Waals surface area contributed by atoms with Crippen molar-refractivity contribution < 1.29 is 14.1 Å². The Morgan fingerprint density at radius 1 is 1.37 bits per heavy atom. The molecule has 146 valence electrons. The second-order valence-electron chi connectivity index (χ2n) is 6.87. The first-order chi connectivity index (χ1) is 13.2. The Morgan fingerprint density at radius 3 is 2.89 bits per heavy atom. The highest BCUT2D eigenvalue weighted by molar-refractivity contribution is 5.74. The molecule has 0 bridgehead atoms. The van der Waals surface area contributed by atoms with E-state index in [4.69, 9.17) is 9.26 Å². The Hall–Kier alpha value is -2.64. The minimum Gasteiger partial charge on any atom is -0.478 e. The van der Waals surface area contributed by atoms with Crippen LogP contribution in [0.5, 0.6) is 5.88 Å². The van der Waals surface area contributed by atoms with Crippen LogP contribution in [0.4, 0.5) is 4.79 Å². The van der Waals surface area contributed by atoms with Crippen LogP contribution in [0.1, 0.15) is 75.2 Å². The first kappa shape index (κ1) is 19.1. The molecule has 1 aliphatic carbocycles. The number of nitrogens with one attached hydrogen (secondary N) is 2. The van der Waals surface area contributed by atoms with E-state index in [0.29, 0.717) is 30.8 Å². The van der Waals surface area contributed by atoms with Gasteiger partial charge >= 0.3 is 6.03 Å². The van der Waals surface area contributed by atoms with Gasteiger partial charge in [0.2, 0.25) is 11.8 Å². The van der Waals surface area contributed by atoms with Gasteiger partial charge in [0.05, 0.1) is 6.61 Å². The van der Waals surface area contributed by atoms with Crippen molar-refractivity contribution in [2.45, 2.75) is 64.5 Å². The van der Waals surface area contributed by atoms with Crippen molar-refractivity contribution in [3.05, 3.63) is 35.6 Å². The third-order valence-corrected chi connectivity index (χ3v) is 4.60. The quantitative estimate of drug-likeness (QED) is 0.734. The van der Waals surface area contributed by atoms with Crippen molar-refractivity contribution in [3.63, 3.8) is 0 Å². The number of amides is 2. The second kappa shape index (κ2) is 9.34. The maximum atomic E-state index is 12.1. The number of ether oxygens (including phenoxy) is 1. The van der Waals surface area contributed by atoms with Crippen LogP contribution in [0, 0.1) is 0 Å². The molecule has 0 radical (unpaired) electrons. The number of aromatic nitrogens is 3. The second-order valence-corrected chi connectivity index (χ2v) is 6.87. The number of carbonyl (C=O) groups excluding carboxylic acids is 1. The van der Waals surface area contributed by atoms with Gasteiger partial charge in [-0.1, -0.05) is 31.0 Å². The molecule has 8 nitrogen and oxygen atoms in total. The lowest BCUT2D eigenvalue weighted by atomic mass is 10.1. The zero-order valence-corrected chi connectivity index (χ0v) is 15.9. The monoisotopic (exact) mass is 373 g/mol. The molecule has 1 aliphatic rings.